The molecule has 1 unspecified atom stereocenters. The molecule has 1 aliphatic carbocycles. The average molecular weight is 254 g/mol. The van der Waals surface area contributed by atoms with Crippen LogP contribution in [0.25, 0.3) is 0 Å². The van der Waals surface area contributed by atoms with Crippen molar-refractivity contribution in [3.63, 3.8) is 0 Å². The molecule has 0 bridgehead atoms. The number of phenols is 1. The van der Waals surface area contributed by atoms with Crippen LogP contribution >= 0.6 is 11.6 Å². The first-order chi connectivity index (χ1) is 7.99. The highest BCUT2D eigenvalue weighted by Gasteiger charge is 2.31. The van der Waals surface area contributed by atoms with E-state index in [1.165, 1.54) is 25.7 Å². The lowest BCUT2D eigenvalue weighted by Crippen LogP contribution is -2.38. The van der Waals surface area contributed by atoms with Crippen molar-refractivity contribution < 1.29 is 5.11 Å². The SMILES string of the molecule is CC1(C)CCCCC1Nc1ccc(O)c(Cl)c1. The molecule has 0 spiro atoms. The quantitative estimate of drug-likeness (QED) is 0.765. The topological polar surface area (TPSA) is 32.3 Å². The lowest BCUT2D eigenvalue weighted by molar-refractivity contribution is 0.217. The molecule has 0 heterocycles. The summed E-state index contributed by atoms with van der Waals surface area (Å²) in [5.41, 5.74) is 1.32. The third-order valence-corrected chi connectivity index (χ3v) is 4.10. The second-order valence-electron chi connectivity index (χ2n) is 5.60. The Balaban J connectivity index is 2.11. The van der Waals surface area contributed by atoms with Gasteiger partial charge in [-0.15, -0.1) is 0 Å². The van der Waals surface area contributed by atoms with E-state index in [1.54, 1.807) is 12.1 Å². The third kappa shape index (κ3) is 2.86. The largest absolute Gasteiger partial charge is 0.506 e. The lowest BCUT2D eigenvalue weighted by Gasteiger charge is -2.39. The molecular weight excluding hydrogens is 234 g/mol. The minimum atomic E-state index is 0.139. The van der Waals surface area contributed by atoms with E-state index in [1.807, 2.05) is 6.07 Å². The summed E-state index contributed by atoms with van der Waals surface area (Å²) in [5, 5.41) is 13.3. The van der Waals surface area contributed by atoms with Gasteiger partial charge in [-0.3, -0.25) is 0 Å². The molecule has 1 atom stereocenters. The molecular formula is C14H20ClNO. The second-order valence-corrected chi connectivity index (χ2v) is 6.00. The van der Waals surface area contributed by atoms with Gasteiger partial charge in [0.2, 0.25) is 0 Å². The Morgan fingerprint density at radius 3 is 2.76 bits per heavy atom. The molecule has 94 valence electrons. The Morgan fingerprint density at radius 1 is 1.35 bits per heavy atom. The lowest BCUT2D eigenvalue weighted by atomic mass is 9.73. The molecule has 1 aromatic rings. The highest BCUT2D eigenvalue weighted by atomic mass is 35.5. The van der Waals surface area contributed by atoms with Crippen LogP contribution in [0.1, 0.15) is 39.5 Å². The summed E-state index contributed by atoms with van der Waals surface area (Å²) in [6.07, 6.45) is 5.07. The van der Waals surface area contributed by atoms with E-state index in [0.717, 1.165) is 5.69 Å². The van der Waals surface area contributed by atoms with Crippen molar-refractivity contribution in [1.82, 2.24) is 0 Å². The molecule has 17 heavy (non-hydrogen) atoms. The van der Waals surface area contributed by atoms with E-state index in [4.69, 9.17) is 11.6 Å². The summed E-state index contributed by atoms with van der Waals surface area (Å²) < 4.78 is 0. The Labute approximate surface area is 108 Å². The van der Waals surface area contributed by atoms with Crippen LogP contribution in [-0.4, -0.2) is 11.1 Å². The zero-order chi connectivity index (χ0) is 12.5. The standard InChI is InChI=1S/C14H20ClNO/c1-14(2)8-4-3-5-13(14)16-10-6-7-12(17)11(15)9-10/h6-7,9,13,16-17H,3-5,8H2,1-2H3. The van der Waals surface area contributed by atoms with Gasteiger partial charge >= 0.3 is 0 Å². The van der Waals surface area contributed by atoms with Crippen molar-refractivity contribution in [3.8, 4) is 5.75 Å². The molecule has 0 saturated heterocycles. The van der Waals surface area contributed by atoms with Crippen LogP contribution in [-0.2, 0) is 0 Å². The van der Waals surface area contributed by atoms with Crippen LogP contribution in [0.2, 0.25) is 5.02 Å². The average Bonchev–Trinajstić information content (AvgIpc) is 2.26. The normalized spacial score (nSPS) is 23.4. The summed E-state index contributed by atoms with van der Waals surface area (Å²) in [6.45, 7) is 4.62. The monoisotopic (exact) mass is 253 g/mol. The van der Waals surface area contributed by atoms with Crippen LogP contribution in [0.3, 0.4) is 0 Å². The number of hydrogen-bond acceptors (Lipinski definition) is 2. The number of rotatable bonds is 2. The molecule has 2 N–H and O–H groups in total. The fourth-order valence-corrected chi connectivity index (χ4v) is 2.74. The first-order valence-corrected chi connectivity index (χ1v) is 6.62. The number of anilines is 1. The van der Waals surface area contributed by atoms with E-state index in [0.29, 0.717) is 16.5 Å². The maximum atomic E-state index is 9.39. The van der Waals surface area contributed by atoms with Gasteiger partial charge in [-0.25, -0.2) is 0 Å². The van der Waals surface area contributed by atoms with Gasteiger partial charge in [0.1, 0.15) is 5.75 Å². The Bertz CT molecular complexity index is 403. The van der Waals surface area contributed by atoms with Gasteiger partial charge in [-0.05, 0) is 36.5 Å². The molecule has 0 amide bonds. The molecule has 1 aliphatic rings. The number of benzene rings is 1. The molecule has 0 aromatic heterocycles. The van der Waals surface area contributed by atoms with E-state index >= 15 is 0 Å². The zero-order valence-corrected chi connectivity index (χ0v) is 11.2. The third-order valence-electron chi connectivity index (χ3n) is 3.80. The molecule has 3 heteroatoms. The number of phenolic OH excluding ortho intramolecular Hbond substituents is 1. The van der Waals surface area contributed by atoms with Crippen molar-refractivity contribution >= 4 is 17.3 Å². The van der Waals surface area contributed by atoms with Gasteiger partial charge in [0, 0.05) is 11.7 Å². The molecule has 2 rings (SSSR count). The maximum absolute atomic E-state index is 9.39. The first-order valence-electron chi connectivity index (χ1n) is 6.24. The zero-order valence-electron chi connectivity index (χ0n) is 10.5. The summed E-state index contributed by atoms with van der Waals surface area (Å²) >= 11 is 5.91. The molecule has 1 saturated carbocycles. The smallest absolute Gasteiger partial charge is 0.134 e. The van der Waals surface area contributed by atoms with Crippen molar-refractivity contribution in [3.05, 3.63) is 23.2 Å². The van der Waals surface area contributed by atoms with Gasteiger partial charge in [0.15, 0.2) is 0 Å². The number of aromatic hydroxyl groups is 1. The van der Waals surface area contributed by atoms with Crippen molar-refractivity contribution in [1.29, 1.82) is 0 Å². The molecule has 0 aliphatic heterocycles. The molecule has 2 nitrogen and oxygen atoms in total. The summed E-state index contributed by atoms with van der Waals surface area (Å²) in [6, 6.07) is 5.80. The van der Waals surface area contributed by atoms with Gasteiger partial charge < -0.3 is 10.4 Å². The van der Waals surface area contributed by atoms with Crippen molar-refractivity contribution in [2.24, 2.45) is 5.41 Å². The van der Waals surface area contributed by atoms with Crippen molar-refractivity contribution in [2.45, 2.75) is 45.6 Å². The Hall–Kier alpha value is -0.890. The fourth-order valence-electron chi connectivity index (χ4n) is 2.56. The van der Waals surface area contributed by atoms with Crippen LogP contribution in [0.5, 0.6) is 5.75 Å². The van der Waals surface area contributed by atoms with E-state index < -0.39 is 0 Å². The van der Waals surface area contributed by atoms with Crippen LogP contribution in [0.4, 0.5) is 5.69 Å². The van der Waals surface area contributed by atoms with Crippen LogP contribution in [0.15, 0.2) is 18.2 Å². The van der Waals surface area contributed by atoms with E-state index in [2.05, 4.69) is 19.2 Å². The number of halogens is 1. The minimum Gasteiger partial charge on any atom is -0.506 e. The number of hydrogen-bond donors (Lipinski definition) is 2. The predicted molar refractivity (Wildman–Crippen MR) is 72.8 cm³/mol. The van der Waals surface area contributed by atoms with E-state index in [9.17, 15) is 5.11 Å². The summed E-state index contributed by atoms with van der Waals surface area (Å²) in [7, 11) is 0. The Kier molecular flexibility index (Phi) is 3.53. The van der Waals surface area contributed by atoms with Gasteiger partial charge in [0.25, 0.3) is 0 Å². The summed E-state index contributed by atoms with van der Waals surface area (Å²) in [5.74, 6) is 0.139. The molecule has 1 fully saturated rings. The van der Waals surface area contributed by atoms with Crippen LogP contribution < -0.4 is 5.32 Å². The van der Waals surface area contributed by atoms with Gasteiger partial charge in [-0.1, -0.05) is 38.3 Å². The van der Waals surface area contributed by atoms with Crippen LogP contribution in [0, 0.1) is 5.41 Å². The number of nitrogens with one attached hydrogen (secondary N) is 1. The predicted octanol–water partition coefficient (Wildman–Crippen LogP) is 4.43. The minimum absolute atomic E-state index is 0.139. The van der Waals surface area contributed by atoms with E-state index in [-0.39, 0.29) is 5.75 Å². The maximum Gasteiger partial charge on any atom is 0.134 e. The first kappa shape index (κ1) is 12.6. The van der Waals surface area contributed by atoms with Gasteiger partial charge in [0.05, 0.1) is 5.02 Å². The second kappa shape index (κ2) is 4.77. The summed E-state index contributed by atoms with van der Waals surface area (Å²) in [4.78, 5) is 0. The molecule has 1 aromatic carbocycles. The fraction of sp³-hybridized carbons (Fsp3) is 0.571. The highest BCUT2D eigenvalue weighted by Crippen LogP contribution is 2.38. The Morgan fingerprint density at radius 2 is 2.12 bits per heavy atom. The van der Waals surface area contributed by atoms with Crippen molar-refractivity contribution in [2.75, 3.05) is 5.32 Å². The van der Waals surface area contributed by atoms with Gasteiger partial charge in [-0.2, -0.15) is 0 Å². The highest BCUT2D eigenvalue weighted by molar-refractivity contribution is 6.32. The molecule has 0 radical (unpaired) electrons.